The van der Waals surface area contributed by atoms with E-state index >= 15 is 0 Å². The van der Waals surface area contributed by atoms with Gasteiger partial charge in [-0.05, 0) is 29.8 Å². The largest absolute Gasteiger partial charge is 0.490 e. The molecular formula is C19H18N4O3. The molecule has 7 heteroatoms. The molecule has 132 valence electrons. The van der Waals surface area contributed by atoms with Gasteiger partial charge < -0.3 is 9.47 Å². The molecule has 2 aromatic carbocycles. The van der Waals surface area contributed by atoms with Gasteiger partial charge in [-0.25, -0.2) is 4.68 Å². The van der Waals surface area contributed by atoms with Crippen LogP contribution in [0.25, 0.3) is 0 Å². The van der Waals surface area contributed by atoms with Gasteiger partial charge in [-0.3, -0.25) is 10.1 Å². The molecule has 1 amide bonds. The van der Waals surface area contributed by atoms with Gasteiger partial charge in [-0.15, -0.1) is 0 Å². The highest BCUT2D eigenvalue weighted by Crippen LogP contribution is 2.29. The lowest BCUT2D eigenvalue weighted by Gasteiger charge is -2.23. The first-order chi connectivity index (χ1) is 12.8. The van der Waals surface area contributed by atoms with Crippen molar-refractivity contribution in [3.8, 4) is 11.5 Å². The zero-order valence-electron chi connectivity index (χ0n) is 14.0. The molecule has 0 bridgehead atoms. The lowest BCUT2D eigenvalue weighted by molar-refractivity contribution is -0.117. The fourth-order valence-electron chi connectivity index (χ4n) is 2.89. The van der Waals surface area contributed by atoms with Gasteiger partial charge in [0.2, 0.25) is 11.9 Å². The number of rotatable bonds is 6. The third-order valence-electron chi connectivity index (χ3n) is 4.13. The van der Waals surface area contributed by atoms with Crippen molar-refractivity contribution >= 4 is 11.9 Å². The average molecular weight is 350 g/mol. The molecule has 0 aliphatic carbocycles. The number of aromatic nitrogens is 3. The van der Waals surface area contributed by atoms with Crippen LogP contribution in [0.5, 0.6) is 11.5 Å². The van der Waals surface area contributed by atoms with E-state index in [-0.39, 0.29) is 11.9 Å². The Kier molecular flexibility index (Phi) is 4.51. The van der Waals surface area contributed by atoms with Crippen LogP contribution in [-0.4, -0.2) is 33.9 Å². The van der Waals surface area contributed by atoms with Crippen molar-refractivity contribution in [2.24, 2.45) is 0 Å². The maximum absolute atomic E-state index is 11.8. The SMILES string of the molecule is O=C1C[C@@H](c2ccc(OCCOc3ccccc3)cc2)n2ncnc2N1. The van der Waals surface area contributed by atoms with Crippen molar-refractivity contribution in [2.75, 3.05) is 18.5 Å². The van der Waals surface area contributed by atoms with Gasteiger partial charge in [0.25, 0.3) is 0 Å². The normalized spacial score (nSPS) is 15.8. The highest BCUT2D eigenvalue weighted by Gasteiger charge is 2.27. The first kappa shape index (κ1) is 16.1. The Balaban J connectivity index is 1.35. The van der Waals surface area contributed by atoms with Crippen molar-refractivity contribution < 1.29 is 14.3 Å². The van der Waals surface area contributed by atoms with Gasteiger partial charge in [0, 0.05) is 0 Å². The minimum Gasteiger partial charge on any atom is -0.490 e. The van der Waals surface area contributed by atoms with E-state index < -0.39 is 0 Å². The van der Waals surface area contributed by atoms with Gasteiger partial charge in [-0.2, -0.15) is 10.1 Å². The lowest BCUT2D eigenvalue weighted by atomic mass is 10.0. The number of hydrogen-bond donors (Lipinski definition) is 1. The van der Waals surface area contributed by atoms with E-state index in [2.05, 4.69) is 15.4 Å². The average Bonchev–Trinajstić information content (AvgIpc) is 3.14. The Hall–Kier alpha value is -3.35. The Bertz CT molecular complexity index is 877. The van der Waals surface area contributed by atoms with E-state index in [1.165, 1.54) is 6.33 Å². The number of ether oxygens (including phenoxy) is 2. The van der Waals surface area contributed by atoms with Gasteiger partial charge in [0.1, 0.15) is 31.0 Å². The lowest BCUT2D eigenvalue weighted by Crippen LogP contribution is -2.29. The number of amides is 1. The molecule has 26 heavy (non-hydrogen) atoms. The fraction of sp³-hybridized carbons (Fsp3) is 0.211. The number of anilines is 1. The van der Waals surface area contributed by atoms with E-state index in [9.17, 15) is 4.79 Å². The topological polar surface area (TPSA) is 78.3 Å². The van der Waals surface area contributed by atoms with Crippen molar-refractivity contribution in [3.63, 3.8) is 0 Å². The zero-order chi connectivity index (χ0) is 17.8. The number of fused-ring (bicyclic) bond motifs is 1. The minimum absolute atomic E-state index is 0.0612. The van der Waals surface area contributed by atoms with Crippen LogP contribution in [0.1, 0.15) is 18.0 Å². The van der Waals surface area contributed by atoms with E-state index in [0.29, 0.717) is 25.6 Å². The van der Waals surface area contributed by atoms with Crippen LogP contribution in [0.4, 0.5) is 5.95 Å². The van der Waals surface area contributed by atoms with Crippen LogP contribution in [-0.2, 0) is 4.79 Å². The van der Waals surface area contributed by atoms with Crippen LogP contribution in [0.15, 0.2) is 60.9 Å². The Labute approximate surface area is 150 Å². The molecule has 3 aromatic rings. The second-order valence-corrected chi connectivity index (χ2v) is 5.88. The maximum atomic E-state index is 11.8. The Morgan fingerprint density at radius 2 is 1.69 bits per heavy atom. The van der Waals surface area contributed by atoms with E-state index in [1.54, 1.807) is 4.68 Å². The number of hydrogen-bond acceptors (Lipinski definition) is 5. The quantitative estimate of drug-likeness (QED) is 0.692. The molecule has 0 saturated carbocycles. The molecule has 1 aromatic heterocycles. The Morgan fingerprint density at radius 1 is 1.00 bits per heavy atom. The van der Waals surface area contributed by atoms with Gasteiger partial charge in [0.05, 0.1) is 12.5 Å². The summed E-state index contributed by atoms with van der Waals surface area (Å²) in [5.41, 5.74) is 0.986. The third kappa shape index (κ3) is 3.51. The summed E-state index contributed by atoms with van der Waals surface area (Å²) in [5, 5.41) is 6.91. The second-order valence-electron chi connectivity index (χ2n) is 5.88. The fourth-order valence-corrected chi connectivity index (χ4v) is 2.89. The number of benzene rings is 2. The number of carbonyl (C=O) groups is 1. The van der Waals surface area contributed by atoms with E-state index in [0.717, 1.165) is 17.1 Å². The summed E-state index contributed by atoms with van der Waals surface area (Å²) < 4.78 is 13.0. The molecule has 1 N–H and O–H groups in total. The molecule has 1 aliphatic heterocycles. The predicted octanol–water partition coefficient (Wildman–Crippen LogP) is 2.67. The number of carbonyl (C=O) groups excluding carboxylic acids is 1. The van der Waals surface area contributed by atoms with Crippen molar-refractivity contribution in [2.45, 2.75) is 12.5 Å². The van der Waals surface area contributed by atoms with Crippen LogP contribution in [0, 0.1) is 0 Å². The highest BCUT2D eigenvalue weighted by molar-refractivity contribution is 5.91. The maximum Gasteiger partial charge on any atom is 0.229 e. The van der Waals surface area contributed by atoms with Crippen molar-refractivity contribution in [1.82, 2.24) is 14.8 Å². The first-order valence-corrected chi connectivity index (χ1v) is 8.39. The van der Waals surface area contributed by atoms with Crippen LogP contribution >= 0.6 is 0 Å². The number of para-hydroxylation sites is 1. The van der Waals surface area contributed by atoms with Gasteiger partial charge >= 0.3 is 0 Å². The second kappa shape index (κ2) is 7.26. The summed E-state index contributed by atoms with van der Waals surface area (Å²) in [6, 6.07) is 17.1. The monoisotopic (exact) mass is 350 g/mol. The molecule has 2 heterocycles. The first-order valence-electron chi connectivity index (χ1n) is 8.39. The minimum atomic E-state index is -0.156. The Morgan fingerprint density at radius 3 is 2.42 bits per heavy atom. The molecule has 0 unspecified atom stereocenters. The number of nitrogens with one attached hydrogen (secondary N) is 1. The zero-order valence-corrected chi connectivity index (χ0v) is 14.0. The molecule has 1 atom stereocenters. The summed E-state index contributed by atoms with van der Waals surface area (Å²) in [7, 11) is 0. The molecule has 0 radical (unpaired) electrons. The highest BCUT2D eigenvalue weighted by atomic mass is 16.5. The van der Waals surface area contributed by atoms with Crippen LogP contribution in [0.2, 0.25) is 0 Å². The van der Waals surface area contributed by atoms with E-state index in [4.69, 9.17) is 9.47 Å². The molecule has 0 saturated heterocycles. The summed E-state index contributed by atoms with van der Waals surface area (Å²) in [4.78, 5) is 15.9. The van der Waals surface area contributed by atoms with Gasteiger partial charge in [0.15, 0.2) is 0 Å². The molecule has 1 aliphatic rings. The predicted molar refractivity (Wildman–Crippen MR) is 95.3 cm³/mol. The van der Waals surface area contributed by atoms with Crippen molar-refractivity contribution in [3.05, 3.63) is 66.5 Å². The summed E-state index contributed by atoms with van der Waals surface area (Å²) >= 11 is 0. The molecule has 7 nitrogen and oxygen atoms in total. The van der Waals surface area contributed by atoms with Gasteiger partial charge in [-0.1, -0.05) is 30.3 Å². The summed E-state index contributed by atoms with van der Waals surface area (Å²) in [6.45, 7) is 0.921. The third-order valence-corrected chi connectivity index (χ3v) is 4.13. The van der Waals surface area contributed by atoms with E-state index in [1.807, 2.05) is 54.6 Å². The van der Waals surface area contributed by atoms with Crippen LogP contribution in [0.3, 0.4) is 0 Å². The molecule has 0 fully saturated rings. The summed E-state index contributed by atoms with van der Waals surface area (Å²) in [6.07, 6.45) is 1.78. The standard InChI is InChI=1S/C19H18N4O3/c24-18-12-17(23-19(22-18)20-13-21-23)14-6-8-16(9-7-14)26-11-10-25-15-4-2-1-3-5-15/h1-9,13,17H,10-12H2,(H,20,21,22,24)/t17-/m0/s1. The summed E-state index contributed by atoms with van der Waals surface area (Å²) in [5.74, 6) is 1.99. The smallest absolute Gasteiger partial charge is 0.229 e. The molecular weight excluding hydrogens is 332 g/mol. The molecule has 4 rings (SSSR count). The van der Waals surface area contributed by atoms with Crippen molar-refractivity contribution in [1.29, 1.82) is 0 Å². The number of nitrogens with zero attached hydrogens (tertiary/aromatic N) is 3. The van der Waals surface area contributed by atoms with Crippen LogP contribution < -0.4 is 14.8 Å². The molecule has 0 spiro atoms.